The van der Waals surface area contributed by atoms with Gasteiger partial charge < -0.3 is 11.1 Å². The molecule has 10 heteroatoms. The normalized spacial score (nSPS) is 10.7. The molecule has 4 aromatic rings. The first kappa shape index (κ1) is 17.9. The van der Waals surface area contributed by atoms with Gasteiger partial charge in [0.25, 0.3) is 0 Å². The third-order valence-electron chi connectivity index (χ3n) is 3.73. The molecule has 0 fully saturated rings. The van der Waals surface area contributed by atoms with Crippen LogP contribution in [0.15, 0.2) is 65.8 Å². The van der Waals surface area contributed by atoms with E-state index in [1.807, 2.05) is 60.7 Å². The van der Waals surface area contributed by atoms with Crippen LogP contribution in [0.5, 0.6) is 0 Å². The van der Waals surface area contributed by atoms with Crippen LogP contribution in [-0.4, -0.2) is 35.2 Å². The summed E-state index contributed by atoms with van der Waals surface area (Å²) in [6, 6.07) is 19.7. The van der Waals surface area contributed by atoms with Crippen molar-refractivity contribution in [1.82, 2.24) is 35.2 Å². The van der Waals surface area contributed by atoms with Crippen LogP contribution >= 0.6 is 11.8 Å². The first-order valence-electron chi connectivity index (χ1n) is 8.52. The minimum Gasteiger partial charge on any atom is -0.368 e. The summed E-state index contributed by atoms with van der Waals surface area (Å²) in [6.45, 7) is 0.594. The molecule has 0 bridgehead atoms. The second-order valence-electron chi connectivity index (χ2n) is 5.82. The van der Waals surface area contributed by atoms with Gasteiger partial charge in [0.2, 0.25) is 17.1 Å². The summed E-state index contributed by atoms with van der Waals surface area (Å²) in [7, 11) is 0. The van der Waals surface area contributed by atoms with Crippen molar-refractivity contribution in [2.75, 3.05) is 11.1 Å². The number of thioether (sulfide) groups is 1. The molecule has 0 saturated heterocycles. The summed E-state index contributed by atoms with van der Waals surface area (Å²) < 4.78 is 1.74. The Morgan fingerprint density at radius 2 is 1.68 bits per heavy atom. The van der Waals surface area contributed by atoms with Crippen molar-refractivity contribution >= 4 is 29.3 Å². The Labute approximate surface area is 165 Å². The largest absolute Gasteiger partial charge is 0.368 e. The molecule has 0 unspecified atom stereocenters. The summed E-state index contributed by atoms with van der Waals surface area (Å²) in [5.41, 5.74) is 7.83. The predicted octanol–water partition coefficient (Wildman–Crippen LogP) is 2.52. The number of nitrogens with zero attached hydrogens (tertiary/aromatic N) is 7. The fourth-order valence-electron chi connectivity index (χ4n) is 2.49. The average Bonchev–Trinajstić information content (AvgIpc) is 3.14. The highest BCUT2D eigenvalue weighted by molar-refractivity contribution is 7.98. The van der Waals surface area contributed by atoms with Crippen LogP contribution in [0, 0.1) is 0 Å². The first-order valence-corrected chi connectivity index (χ1v) is 9.50. The highest BCUT2D eigenvalue weighted by Gasteiger charge is 2.11. The number of nitrogens with one attached hydrogen (secondary N) is 1. The molecule has 0 atom stereocenters. The lowest BCUT2D eigenvalue weighted by Crippen LogP contribution is -2.07. The molecular formula is C18H17N9S. The summed E-state index contributed by atoms with van der Waals surface area (Å²) in [5.74, 6) is 1.57. The van der Waals surface area contributed by atoms with Crippen molar-refractivity contribution in [2.24, 2.45) is 0 Å². The molecule has 0 saturated carbocycles. The molecule has 0 radical (unpaired) electrons. The van der Waals surface area contributed by atoms with Gasteiger partial charge in [0.15, 0.2) is 0 Å². The maximum Gasteiger partial charge on any atom is 0.232 e. The van der Waals surface area contributed by atoms with Gasteiger partial charge in [-0.25, -0.2) is 4.68 Å². The van der Waals surface area contributed by atoms with E-state index in [0.29, 0.717) is 29.2 Å². The zero-order valence-corrected chi connectivity index (χ0v) is 15.6. The molecule has 9 nitrogen and oxygen atoms in total. The maximum atomic E-state index is 5.84. The fraction of sp³-hybridized carbons (Fsp3) is 0.111. The monoisotopic (exact) mass is 391 g/mol. The Kier molecular flexibility index (Phi) is 5.38. The van der Waals surface area contributed by atoms with Crippen LogP contribution < -0.4 is 11.1 Å². The van der Waals surface area contributed by atoms with Crippen molar-refractivity contribution in [3.63, 3.8) is 0 Å². The van der Waals surface area contributed by atoms with Gasteiger partial charge in [0, 0.05) is 5.69 Å². The van der Waals surface area contributed by atoms with Gasteiger partial charge >= 0.3 is 0 Å². The number of tetrazole rings is 1. The Morgan fingerprint density at radius 1 is 0.929 bits per heavy atom. The van der Waals surface area contributed by atoms with Crippen LogP contribution in [-0.2, 0) is 12.3 Å². The van der Waals surface area contributed by atoms with E-state index in [0.717, 1.165) is 11.3 Å². The number of nitrogens with two attached hydrogens (primary N) is 1. The molecule has 0 amide bonds. The van der Waals surface area contributed by atoms with Crippen LogP contribution in [0.1, 0.15) is 11.4 Å². The van der Waals surface area contributed by atoms with Gasteiger partial charge in [-0.15, -0.1) is 5.10 Å². The van der Waals surface area contributed by atoms with Gasteiger partial charge in [-0.2, -0.15) is 15.0 Å². The lowest BCUT2D eigenvalue weighted by atomic mass is 10.2. The number of aromatic nitrogens is 7. The van der Waals surface area contributed by atoms with Gasteiger partial charge in [-0.3, -0.25) is 0 Å². The minimum atomic E-state index is 0.160. The number of benzene rings is 2. The van der Waals surface area contributed by atoms with E-state index < -0.39 is 0 Å². The van der Waals surface area contributed by atoms with E-state index in [4.69, 9.17) is 5.73 Å². The highest BCUT2D eigenvalue weighted by Crippen LogP contribution is 2.20. The van der Waals surface area contributed by atoms with Crippen molar-refractivity contribution in [3.05, 3.63) is 72.1 Å². The van der Waals surface area contributed by atoms with E-state index in [9.17, 15) is 0 Å². The van der Waals surface area contributed by atoms with E-state index in [1.54, 1.807) is 4.68 Å². The molecule has 2 heterocycles. The third kappa shape index (κ3) is 4.60. The van der Waals surface area contributed by atoms with E-state index in [1.165, 1.54) is 11.8 Å². The Balaban J connectivity index is 1.45. The smallest absolute Gasteiger partial charge is 0.232 e. The first-order chi connectivity index (χ1) is 13.8. The second kappa shape index (κ2) is 8.44. The molecule has 140 valence electrons. The molecule has 4 rings (SSSR count). The lowest BCUT2D eigenvalue weighted by molar-refractivity contribution is 0.602. The SMILES string of the molecule is Nc1nc(CSc2nnnn2Cc2ccccc2)nc(Nc2ccccc2)n1. The van der Waals surface area contributed by atoms with Crippen LogP contribution in [0.25, 0.3) is 0 Å². The quantitative estimate of drug-likeness (QED) is 0.458. The lowest BCUT2D eigenvalue weighted by Gasteiger charge is -2.07. The maximum absolute atomic E-state index is 5.84. The van der Waals surface area contributed by atoms with Crippen LogP contribution in [0.2, 0.25) is 0 Å². The molecular weight excluding hydrogens is 374 g/mol. The summed E-state index contributed by atoms with van der Waals surface area (Å²) in [4.78, 5) is 12.8. The van der Waals surface area contributed by atoms with Gasteiger partial charge in [0.05, 0.1) is 12.3 Å². The van der Waals surface area contributed by atoms with Crippen LogP contribution in [0.4, 0.5) is 17.6 Å². The number of anilines is 3. The van der Waals surface area contributed by atoms with E-state index >= 15 is 0 Å². The van der Waals surface area contributed by atoms with E-state index in [-0.39, 0.29) is 5.95 Å². The molecule has 0 spiro atoms. The predicted molar refractivity (Wildman–Crippen MR) is 107 cm³/mol. The summed E-state index contributed by atoms with van der Waals surface area (Å²) in [6.07, 6.45) is 0. The third-order valence-corrected chi connectivity index (χ3v) is 4.69. The van der Waals surface area contributed by atoms with Crippen molar-refractivity contribution in [3.8, 4) is 0 Å². The minimum absolute atomic E-state index is 0.160. The topological polar surface area (TPSA) is 120 Å². The van der Waals surface area contributed by atoms with Gasteiger partial charge in [0.1, 0.15) is 5.82 Å². The number of nitrogen functional groups attached to an aromatic ring is 1. The average molecular weight is 391 g/mol. The van der Waals surface area contributed by atoms with Crippen molar-refractivity contribution < 1.29 is 0 Å². The Bertz CT molecular complexity index is 1040. The Hall–Kier alpha value is -3.53. The molecule has 2 aromatic carbocycles. The number of hydrogen-bond acceptors (Lipinski definition) is 9. The van der Waals surface area contributed by atoms with Crippen molar-refractivity contribution in [1.29, 1.82) is 0 Å². The molecule has 0 aliphatic heterocycles. The number of hydrogen-bond donors (Lipinski definition) is 2. The molecule has 0 aliphatic rings. The van der Waals surface area contributed by atoms with Crippen LogP contribution in [0.3, 0.4) is 0 Å². The Morgan fingerprint density at radius 3 is 2.46 bits per heavy atom. The number of rotatable bonds is 7. The standard InChI is InChI=1S/C18H17N9S/c19-16-21-15(22-17(23-16)20-14-9-5-2-6-10-14)12-28-18-24-25-26-27(18)11-13-7-3-1-4-8-13/h1-10H,11-12H2,(H3,19,20,21,22,23). The van der Waals surface area contributed by atoms with Gasteiger partial charge in [-0.1, -0.05) is 60.3 Å². The highest BCUT2D eigenvalue weighted by atomic mass is 32.2. The van der Waals surface area contributed by atoms with Gasteiger partial charge in [-0.05, 0) is 28.1 Å². The zero-order chi connectivity index (χ0) is 19.2. The van der Waals surface area contributed by atoms with Crippen molar-refractivity contribution in [2.45, 2.75) is 17.5 Å². The summed E-state index contributed by atoms with van der Waals surface area (Å²) in [5, 5.41) is 15.7. The molecule has 28 heavy (non-hydrogen) atoms. The fourth-order valence-corrected chi connectivity index (χ4v) is 3.23. The molecule has 2 aromatic heterocycles. The second-order valence-corrected chi connectivity index (χ2v) is 6.76. The van der Waals surface area contributed by atoms with E-state index in [2.05, 4.69) is 35.8 Å². The number of para-hydroxylation sites is 1. The zero-order valence-electron chi connectivity index (χ0n) is 14.8. The molecule has 0 aliphatic carbocycles. The summed E-state index contributed by atoms with van der Waals surface area (Å²) >= 11 is 1.44. The molecule has 3 N–H and O–H groups in total.